The number of aliphatic hydroxyl groups is 1. The minimum atomic E-state index is -0.522. The van der Waals surface area contributed by atoms with E-state index in [0.29, 0.717) is 0 Å². The molecular weight excluding hydrogens is 252 g/mol. The number of thioether (sulfide) groups is 2. The molecule has 0 radical (unpaired) electrons. The average molecular weight is 272 g/mol. The number of hydrogen-bond acceptors (Lipinski definition) is 4. The number of aromatic nitrogens is 2. The van der Waals surface area contributed by atoms with E-state index in [0.717, 1.165) is 9.93 Å². The first-order valence-corrected chi connectivity index (χ1v) is 7.85. The van der Waals surface area contributed by atoms with Gasteiger partial charge in [0, 0.05) is 12.4 Å². The number of nitrogens with zero attached hydrogens (tertiary/aromatic N) is 2. The molecule has 96 valence electrons. The van der Waals surface area contributed by atoms with Crippen LogP contribution in [0.3, 0.4) is 0 Å². The molecule has 1 aromatic rings. The van der Waals surface area contributed by atoms with Crippen LogP contribution >= 0.6 is 23.5 Å². The Balaban J connectivity index is 3.26. The van der Waals surface area contributed by atoms with E-state index in [1.165, 1.54) is 0 Å². The normalized spacial score (nSPS) is 13.5. The first kappa shape index (κ1) is 14.7. The van der Waals surface area contributed by atoms with Crippen LogP contribution in [-0.2, 0) is 0 Å². The minimum absolute atomic E-state index is 0.198. The van der Waals surface area contributed by atoms with Gasteiger partial charge in [-0.15, -0.1) is 23.5 Å². The molecule has 1 unspecified atom stereocenters. The third-order valence-electron chi connectivity index (χ3n) is 2.44. The summed E-state index contributed by atoms with van der Waals surface area (Å²) in [6.07, 6.45) is 8.86. The van der Waals surface area contributed by atoms with Gasteiger partial charge in [0.25, 0.3) is 0 Å². The van der Waals surface area contributed by atoms with Gasteiger partial charge in [-0.1, -0.05) is 20.8 Å². The Labute approximate surface area is 112 Å². The van der Waals surface area contributed by atoms with Gasteiger partial charge < -0.3 is 9.67 Å². The van der Waals surface area contributed by atoms with Crippen LogP contribution in [0.4, 0.5) is 0 Å². The van der Waals surface area contributed by atoms with Crippen LogP contribution in [0.25, 0.3) is 5.70 Å². The predicted octanol–water partition coefficient (Wildman–Crippen LogP) is 3.14. The van der Waals surface area contributed by atoms with Gasteiger partial charge in [0.2, 0.25) is 0 Å². The van der Waals surface area contributed by atoms with E-state index in [-0.39, 0.29) is 5.41 Å². The molecule has 0 fully saturated rings. The molecule has 1 N–H and O–H groups in total. The van der Waals surface area contributed by atoms with E-state index < -0.39 is 6.10 Å². The maximum atomic E-state index is 10.5. The molecule has 0 saturated heterocycles. The highest BCUT2D eigenvalue weighted by atomic mass is 32.2. The Bertz CT molecular complexity index is 374. The molecular formula is C12H20N2OS2. The molecule has 1 atom stereocenters. The van der Waals surface area contributed by atoms with Gasteiger partial charge in [0.15, 0.2) is 0 Å². The maximum Gasteiger partial charge on any atom is 0.101 e. The van der Waals surface area contributed by atoms with Crippen LogP contribution in [0, 0.1) is 5.41 Å². The van der Waals surface area contributed by atoms with Crippen LogP contribution in [0.2, 0.25) is 0 Å². The number of hydrogen-bond donors (Lipinski definition) is 1. The summed E-state index contributed by atoms with van der Waals surface area (Å²) in [6, 6.07) is 0. The lowest BCUT2D eigenvalue weighted by Gasteiger charge is -2.29. The minimum Gasteiger partial charge on any atom is -0.386 e. The molecule has 1 rings (SSSR count). The number of rotatable bonds is 4. The van der Waals surface area contributed by atoms with E-state index in [9.17, 15) is 5.11 Å². The first-order valence-electron chi connectivity index (χ1n) is 5.40. The van der Waals surface area contributed by atoms with Crippen molar-refractivity contribution < 1.29 is 5.11 Å². The van der Waals surface area contributed by atoms with E-state index in [2.05, 4.69) is 4.98 Å². The second-order valence-corrected chi connectivity index (χ2v) is 6.71. The number of aliphatic hydroxyl groups excluding tert-OH is 1. The Hall–Kier alpha value is -0.390. The van der Waals surface area contributed by atoms with E-state index in [1.807, 2.05) is 44.0 Å². The molecule has 0 aromatic carbocycles. The molecule has 0 saturated carbocycles. The van der Waals surface area contributed by atoms with Crippen molar-refractivity contribution >= 4 is 29.2 Å². The largest absolute Gasteiger partial charge is 0.386 e. The van der Waals surface area contributed by atoms with Crippen molar-refractivity contribution in [3.05, 3.63) is 23.0 Å². The smallest absolute Gasteiger partial charge is 0.101 e. The summed E-state index contributed by atoms with van der Waals surface area (Å²) in [7, 11) is 0. The monoisotopic (exact) mass is 272 g/mol. The average Bonchev–Trinajstić information content (AvgIpc) is 2.76. The molecule has 0 spiro atoms. The summed E-state index contributed by atoms with van der Waals surface area (Å²) < 4.78 is 3.02. The quantitative estimate of drug-likeness (QED) is 0.914. The Morgan fingerprint density at radius 3 is 2.24 bits per heavy atom. The Kier molecular flexibility index (Phi) is 5.16. The molecule has 5 heteroatoms. The SMILES string of the molecule is CSC(SC)=C(C(O)C(C)(C)C)n1ccnc1. The topological polar surface area (TPSA) is 38.0 Å². The van der Waals surface area contributed by atoms with E-state index in [1.54, 1.807) is 36.0 Å². The third kappa shape index (κ3) is 3.53. The zero-order valence-electron chi connectivity index (χ0n) is 11.0. The molecule has 0 aliphatic heterocycles. The van der Waals surface area contributed by atoms with Crippen LogP contribution in [0.1, 0.15) is 20.8 Å². The Morgan fingerprint density at radius 2 is 1.88 bits per heavy atom. The van der Waals surface area contributed by atoms with Crippen molar-refractivity contribution in [2.75, 3.05) is 12.5 Å². The van der Waals surface area contributed by atoms with Crippen molar-refractivity contribution in [1.82, 2.24) is 9.55 Å². The van der Waals surface area contributed by atoms with Gasteiger partial charge in [-0.3, -0.25) is 0 Å². The fourth-order valence-corrected chi connectivity index (χ4v) is 2.98. The lowest BCUT2D eigenvalue weighted by atomic mass is 9.87. The van der Waals surface area contributed by atoms with Crippen LogP contribution in [-0.4, -0.2) is 33.3 Å². The van der Waals surface area contributed by atoms with Gasteiger partial charge >= 0.3 is 0 Å². The van der Waals surface area contributed by atoms with Gasteiger partial charge in [-0.05, 0) is 17.9 Å². The lowest BCUT2D eigenvalue weighted by molar-refractivity contribution is 0.109. The summed E-state index contributed by atoms with van der Waals surface area (Å²) in [6.45, 7) is 6.10. The molecule has 1 aromatic heterocycles. The highest BCUT2D eigenvalue weighted by molar-refractivity contribution is 8.21. The zero-order valence-corrected chi connectivity index (χ0v) is 12.6. The molecule has 0 aliphatic rings. The van der Waals surface area contributed by atoms with Gasteiger partial charge in [-0.2, -0.15) is 0 Å². The first-order chi connectivity index (χ1) is 7.91. The summed E-state index contributed by atoms with van der Waals surface area (Å²) in [4.78, 5) is 4.06. The van der Waals surface area contributed by atoms with Crippen molar-refractivity contribution in [3.8, 4) is 0 Å². The third-order valence-corrected chi connectivity index (χ3v) is 4.60. The molecule has 17 heavy (non-hydrogen) atoms. The number of imidazole rings is 1. The van der Waals surface area contributed by atoms with Crippen LogP contribution in [0.15, 0.2) is 23.0 Å². The summed E-state index contributed by atoms with van der Waals surface area (Å²) in [5, 5.41) is 10.5. The molecule has 3 nitrogen and oxygen atoms in total. The van der Waals surface area contributed by atoms with Crippen molar-refractivity contribution in [2.45, 2.75) is 26.9 Å². The zero-order chi connectivity index (χ0) is 13.1. The van der Waals surface area contributed by atoms with Crippen molar-refractivity contribution in [2.24, 2.45) is 5.41 Å². The molecule has 0 aliphatic carbocycles. The standard InChI is InChI=1S/C12H20N2OS2/c1-12(2,3)10(15)9(11(16-4)17-5)14-7-6-13-8-14/h6-8,10,15H,1-5H3. The lowest BCUT2D eigenvalue weighted by Crippen LogP contribution is -2.29. The summed E-state index contributed by atoms with van der Waals surface area (Å²) in [5.41, 5.74) is 0.714. The predicted molar refractivity (Wildman–Crippen MR) is 77.9 cm³/mol. The van der Waals surface area contributed by atoms with Crippen molar-refractivity contribution in [1.29, 1.82) is 0 Å². The summed E-state index contributed by atoms with van der Waals surface area (Å²) in [5.74, 6) is 0. The van der Waals surface area contributed by atoms with Crippen LogP contribution in [0.5, 0.6) is 0 Å². The van der Waals surface area contributed by atoms with Gasteiger partial charge in [0.05, 0.1) is 16.3 Å². The van der Waals surface area contributed by atoms with Gasteiger partial charge in [-0.25, -0.2) is 4.98 Å². The molecule has 0 amide bonds. The fraction of sp³-hybridized carbons (Fsp3) is 0.583. The van der Waals surface area contributed by atoms with Crippen molar-refractivity contribution in [3.63, 3.8) is 0 Å². The van der Waals surface area contributed by atoms with E-state index >= 15 is 0 Å². The van der Waals surface area contributed by atoms with Gasteiger partial charge in [0.1, 0.15) is 6.10 Å². The second kappa shape index (κ2) is 5.98. The highest BCUT2D eigenvalue weighted by Gasteiger charge is 2.29. The fourth-order valence-electron chi connectivity index (χ4n) is 1.46. The van der Waals surface area contributed by atoms with E-state index in [4.69, 9.17) is 0 Å². The highest BCUT2D eigenvalue weighted by Crippen LogP contribution is 2.37. The molecule has 1 heterocycles. The second-order valence-electron chi connectivity index (χ2n) is 4.82. The maximum absolute atomic E-state index is 10.5. The van der Waals surface area contributed by atoms with Crippen LogP contribution < -0.4 is 0 Å². The Morgan fingerprint density at radius 1 is 1.29 bits per heavy atom. The summed E-state index contributed by atoms with van der Waals surface area (Å²) >= 11 is 3.31. The molecule has 0 bridgehead atoms.